The number of unbranched alkanes of at least 4 members (excludes halogenated alkanes) is 1. The number of nitrogens with zero attached hydrogens (tertiary/aromatic N) is 2. The maximum absolute atomic E-state index is 12.6. The number of benzene rings is 1. The number of hydrogen-bond donors (Lipinski definition) is 1. The van der Waals surface area contributed by atoms with Gasteiger partial charge < -0.3 is 10.1 Å². The number of ether oxygens (including phenoxy) is 1. The number of carbonyl (C=O) groups is 3. The monoisotopic (exact) mass is 525 g/mol. The third-order valence-corrected chi connectivity index (χ3v) is 6.18. The molecule has 202 valence electrons. The van der Waals surface area contributed by atoms with Gasteiger partial charge in [0.2, 0.25) is 0 Å². The average Bonchev–Trinajstić information content (AvgIpc) is 3.01. The van der Waals surface area contributed by atoms with Crippen molar-refractivity contribution in [3.63, 3.8) is 0 Å². The second kappa shape index (κ2) is 13.2. The zero-order valence-corrected chi connectivity index (χ0v) is 22.7. The van der Waals surface area contributed by atoms with Crippen LogP contribution in [0, 0.1) is 0 Å². The van der Waals surface area contributed by atoms with Crippen molar-refractivity contribution in [3.8, 4) is 0 Å². The van der Waals surface area contributed by atoms with Crippen LogP contribution in [0.4, 0.5) is 4.79 Å². The summed E-state index contributed by atoms with van der Waals surface area (Å²) in [6.07, 6.45) is 3.17. The number of carbonyl (C=O) groups excluding carboxylic acids is 3. The van der Waals surface area contributed by atoms with Gasteiger partial charge in [-0.25, -0.2) is 4.79 Å². The van der Waals surface area contributed by atoms with Gasteiger partial charge in [0.05, 0.1) is 24.0 Å². The molecule has 11 heteroatoms. The Kier molecular flexibility index (Phi) is 10.9. The number of nitrogens with one attached hydrogen (secondary N) is 1. The van der Waals surface area contributed by atoms with Crippen LogP contribution < -0.4 is 5.32 Å². The standard InChI is InChI=1S/C25H39N3O7S/c1-6-15-27(17-14-26-24(31)35-25(2,3)4)19(18-34-36(5,32)33)11-9-10-16-28-22(29)20-12-7-8-13-21(20)23(28)30/h7-8,12-13,19H,6,9-11,14-18H2,1-5H3,(H,26,31). The predicted molar refractivity (Wildman–Crippen MR) is 136 cm³/mol. The third-order valence-electron chi connectivity index (χ3n) is 5.62. The molecule has 1 aromatic rings. The minimum atomic E-state index is -3.62. The normalized spacial score (nSPS) is 14.8. The summed E-state index contributed by atoms with van der Waals surface area (Å²) >= 11 is 0. The van der Waals surface area contributed by atoms with E-state index in [0.717, 1.165) is 12.7 Å². The molecule has 1 N–H and O–H groups in total. The van der Waals surface area contributed by atoms with Crippen LogP contribution in [-0.2, 0) is 19.0 Å². The topological polar surface area (TPSA) is 122 Å². The van der Waals surface area contributed by atoms with E-state index < -0.39 is 21.8 Å². The van der Waals surface area contributed by atoms with Crippen molar-refractivity contribution in [2.75, 3.05) is 39.0 Å². The van der Waals surface area contributed by atoms with E-state index in [4.69, 9.17) is 8.92 Å². The van der Waals surface area contributed by atoms with E-state index in [2.05, 4.69) is 10.2 Å². The van der Waals surface area contributed by atoms with Crippen molar-refractivity contribution in [3.05, 3.63) is 35.4 Å². The molecule has 10 nitrogen and oxygen atoms in total. The van der Waals surface area contributed by atoms with E-state index in [-0.39, 0.29) is 24.5 Å². The highest BCUT2D eigenvalue weighted by molar-refractivity contribution is 7.85. The summed E-state index contributed by atoms with van der Waals surface area (Å²) in [5, 5.41) is 2.73. The SMILES string of the molecule is CCCN(CCNC(=O)OC(C)(C)C)C(CCCCN1C(=O)c2ccccc2C1=O)COS(C)(=O)=O. The zero-order chi connectivity index (χ0) is 26.9. The molecule has 1 aliphatic heterocycles. The third kappa shape index (κ3) is 9.51. The van der Waals surface area contributed by atoms with Crippen LogP contribution in [0.3, 0.4) is 0 Å². The molecule has 0 aromatic heterocycles. The Bertz CT molecular complexity index is 986. The Morgan fingerprint density at radius 2 is 1.69 bits per heavy atom. The number of rotatable bonds is 14. The van der Waals surface area contributed by atoms with Gasteiger partial charge in [-0.05, 0) is 58.7 Å². The molecule has 1 atom stereocenters. The van der Waals surface area contributed by atoms with Gasteiger partial charge in [0.1, 0.15) is 5.60 Å². The lowest BCUT2D eigenvalue weighted by Gasteiger charge is -2.31. The van der Waals surface area contributed by atoms with Gasteiger partial charge in [-0.1, -0.05) is 25.5 Å². The Labute approximate surface area is 214 Å². The van der Waals surface area contributed by atoms with E-state index in [9.17, 15) is 22.8 Å². The fourth-order valence-electron chi connectivity index (χ4n) is 4.05. The molecule has 1 heterocycles. The zero-order valence-electron chi connectivity index (χ0n) is 21.9. The van der Waals surface area contributed by atoms with Crippen molar-refractivity contribution in [2.45, 2.75) is 65.0 Å². The first kappa shape index (κ1) is 29.7. The van der Waals surface area contributed by atoms with Crippen LogP contribution in [-0.4, -0.2) is 86.8 Å². The van der Waals surface area contributed by atoms with Crippen LogP contribution >= 0.6 is 0 Å². The molecular formula is C25H39N3O7S. The highest BCUT2D eigenvalue weighted by atomic mass is 32.2. The number of imide groups is 1. The quantitative estimate of drug-likeness (QED) is 0.223. The van der Waals surface area contributed by atoms with Crippen LogP contribution in [0.25, 0.3) is 0 Å². The molecule has 0 spiro atoms. The molecule has 0 bridgehead atoms. The Morgan fingerprint density at radius 1 is 1.08 bits per heavy atom. The minimum Gasteiger partial charge on any atom is -0.444 e. The predicted octanol–water partition coefficient (Wildman–Crippen LogP) is 3.03. The van der Waals surface area contributed by atoms with Gasteiger partial charge in [0.25, 0.3) is 21.9 Å². The first-order valence-electron chi connectivity index (χ1n) is 12.3. The van der Waals surface area contributed by atoms with Crippen molar-refractivity contribution in [2.24, 2.45) is 0 Å². The second-order valence-electron chi connectivity index (χ2n) is 9.91. The van der Waals surface area contributed by atoms with Gasteiger partial charge in [0, 0.05) is 25.7 Å². The molecule has 2 rings (SSSR count). The minimum absolute atomic E-state index is 0.0156. The summed E-state index contributed by atoms with van der Waals surface area (Å²) in [6.45, 7) is 9.17. The van der Waals surface area contributed by atoms with Crippen molar-refractivity contribution in [1.82, 2.24) is 15.1 Å². The molecule has 0 radical (unpaired) electrons. The highest BCUT2D eigenvalue weighted by Crippen LogP contribution is 2.23. The number of fused-ring (bicyclic) bond motifs is 1. The molecule has 0 aliphatic carbocycles. The van der Waals surface area contributed by atoms with E-state index in [1.165, 1.54) is 4.90 Å². The van der Waals surface area contributed by atoms with Crippen molar-refractivity contribution >= 4 is 28.0 Å². The summed E-state index contributed by atoms with van der Waals surface area (Å²) in [5.41, 5.74) is 0.250. The van der Waals surface area contributed by atoms with Crippen molar-refractivity contribution < 1.29 is 31.7 Å². The lowest BCUT2D eigenvalue weighted by molar-refractivity contribution is 0.0511. The van der Waals surface area contributed by atoms with Crippen LogP contribution in [0.15, 0.2) is 24.3 Å². The van der Waals surface area contributed by atoms with Crippen LogP contribution in [0.1, 0.15) is 74.1 Å². The molecule has 0 saturated carbocycles. The van der Waals surface area contributed by atoms with E-state index >= 15 is 0 Å². The molecule has 1 aromatic carbocycles. The van der Waals surface area contributed by atoms with E-state index in [1.54, 1.807) is 45.0 Å². The lowest BCUT2D eigenvalue weighted by Crippen LogP contribution is -2.44. The summed E-state index contributed by atoms with van der Waals surface area (Å²) in [6, 6.07) is 6.56. The van der Waals surface area contributed by atoms with Crippen LogP contribution in [0.5, 0.6) is 0 Å². The first-order valence-corrected chi connectivity index (χ1v) is 14.1. The molecule has 0 fully saturated rings. The molecule has 0 saturated heterocycles. The van der Waals surface area contributed by atoms with Gasteiger partial charge in [-0.3, -0.25) is 23.6 Å². The fourth-order valence-corrected chi connectivity index (χ4v) is 4.45. The van der Waals surface area contributed by atoms with Crippen molar-refractivity contribution in [1.29, 1.82) is 0 Å². The number of alkyl carbamates (subject to hydrolysis) is 1. The molecule has 3 amide bonds. The largest absolute Gasteiger partial charge is 0.444 e. The molecule has 1 aliphatic rings. The van der Waals surface area contributed by atoms with E-state index in [1.807, 2.05) is 6.92 Å². The first-order chi connectivity index (χ1) is 16.8. The number of amides is 3. The lowest BCUT2D eigenvalue weighted by atomic mass is 10.1. The van der Waals surface area contributed by atoms with Crippen LogP contribution in [0.2, 0.25) is 0 Å². The van der Waals surface area contributed by atoms with E-state index in [0.29, 0.717) is 56.6 Å². The highest BCUT2D eigenvalue weighted by Gasteiger charge is 2.34. The van der Waals surface area contributed by atoms with Gasteiger partial charge in [0.15, 0.2) is 0 Å². The Morgan fingerprint density at radius 3 is 2.22 bits per heavy atom. The maximum atomic E-state index is 12.6. The van der Waals surface area contributed by atoms with Gasteiger partial charge >= 0.3 is 6.09 Å². The summed E-state index contributed by atoms with van der Waals surface area (Å²) in [4.78, 5) is 40.5. The molecule has 1 unspecified atom stereocenters. The summed E-state index contributed by atoms with van der Waals surface area (Å²) in [7, 11) is -3.62. The number of hydrogen-bond acceptors (Lipinski definition) is 8. The van der Waals surface area contributed by atoms with Gasteiger partial charge in [-0.15, -0.1) is 0 Å². The smallest absolute Gasteiger partial charge is 0.407 e. The summed E-state index contributed by atoms with van der Waals surface area (Å²) < 4.78 is 33.7. The summed E-state index contributed by atoms with van der Waals surface area (Å²) in [5.74, 6) is -0.568. The Hall–Kier alpha value is -2.50. The Balaban J connectivity index is 1.94. The van der Waals surface area contributed by atoms with Gasteiger partial charge in [-0.2, -0.15) is 8.42 Å². The average molecular weight is 526 g/mol. The molecule has 36 heavy (non-hydrogen) atoms. The molecular weight excluding hydrogens is 486 g/mol. The second-order valence-corrected chi connectivity index (χ2v) is 11.6. The fraction of sp³-hybridized carbons (Fsp3) is 0.640. The maximum Gasteiger partial charge on any atom is 0.407 e.